The van der Waals surface area contributed by atoms with Crippen LogP contribution in [0.2, 0.25) is 0 Å². The van der Waals surface area contributed by atoms with E-state index in [-0.39, 0.29) is 16.6 Å². The SMILES string of the molecule is CCc1cc2c(C(=O)O)nn(CC(=O)N3C[C@H](F)[C@@H](OC)[C@H]3C(=O)Nc3cccc(OC(F)(F)F)c3F)c2cn1. The van der Waals surface area contributed by atoms with Crippen LogP contribution in [0.15, 0.2) is 30.5 Å². The van der Waals surface area contributed by atoms with Crippen LogP contribution in [0.3, 0.4) is 0 Å². The minimum atomic E-state index is -5.20. The fourth-order valence-corrected chi connectivity index (χ4v) is 4.43. The smallest absolute Gasteiger partial charge is 0.476 e. The van der Waals surface area contributed by atoms with E-state index in [0.29, 0.717) is 18.2 Å². The number of fused-ring (bicyclic) bond motifs is 1. The molecule has 0 unspecified atom stereocenters. The van der Waals surface area contributed by atoms with Gasteiger partial charge in [0.15, 0.2) is 17.3 Å². The van der Waals surface area contributed by atoms with Crippen molar-refractivity contribution in [1.29, 1.82) is 0 Å². The number of carboxylic acids is 1. The molecule has 3 atom stereocenters. The first-order valence-electron chi connectivity index (χ1n) is 11.7. The van der Waals surface area contributed by atoms with Crippen molar-refractivity contribution in [3.8, 4) is 5.75 Å². The van der Waals surface area contributed by atoms with E-state index in [4.69, 9.17) is 4.74 Å². The van der Waals surface area contributed by atoms with E-state index in [1.54, 1.807) is 0 Å². The molecule has 2 aromatic heterocycles. The molecule has 1 aromatic carbocycles. The number of nitrogens with zero attached hydrogens (tertiary/aromatic N) is 4. The summed E-state index contributed by atoms with van der Waals surface area (Å²) < 4.78 is 76.9. The van der Waals surface area contributed by atoms with E-state index in [2.05, 4.69) is 20.1 Å². The van der Waals surface area contributed by atoms with Crippen LogP contribution >= 0.6 is 0 Å². The molecule has 2 amide bonds. The zero-order chi connectivity index (χ0) is 29.4. The molecule has 11 nitrogen and oxygen atoms in total. The first kappa shape index (κ1) is 28.7. The Hall–Kier alpha value is -4.34. The molecule has 1 fully saturated rings. The van der Waals surface area contributed by atoms with Gasteiger partial charge < -0.3 is 24.8 Å². The number of halogens is 5. The van der Waals surface area contributed by atoms with Gasteiger partial charge in [0.05, 0.1) is 23.9 Å². The molecule has 16 heteroatoms. The molecule has 1 aliphatic rings. The molecule has 1 aliphatic heterocycles. The minimum Gasteiger partial charge on any atom is -0.476 e. The molecule has 3 aromatic rings. The van der Waals surface area contributed by atoms with Crippen molar-refractivity contribution in [2.75, 3.05) is 19.0 Å². The second-order valence-corrected chi connectivity index (χ2v) is 8.72. The molecular weight excluding hydrogens is 549 g/mol. The van der Waals surface area contributed by atoms with E-state index in [0.717, 1.165) is 28.8 Å². The normalized spacial score (nSPS) is 19.2. The number of nitrogens with one attached hydrogen (secondary N) is 1. The number of rotatable bonds is 8. The van der Waals surface area contributed by atoms with E-state index < -0.39 is 72.8 Å². The summed E-state index contributed by atoms with van der Waals surface area (Å²) in [6.45, 7) is 0.581. The van der Waals surface area contributed by atoms with Crippen LogP contribution in [0.1, 0.15) is 23.1 Å². The Morgan fingerprint density at radius 2 is 1.98 bits per heavy atom. The molecule has 0 radical (unpaired) electrons. The van der Waals surface area contributed by atoms with E-state index in [1.165, 1.54) is 12.3 Å². The van der Waals surface area contributed by atoms with Crippen LogP contribution in [0.25, 0.3) is 10.9 Å². The third kappa shape index (κ3) is 5.66. The lowest BCUT2D eigenvalue weighted by molar-refractivity contribution is -0.275. The number of aromatic nitrogens is 3. The minimum absolute atomic E-state index is 0.201. The largest absolute Gasteiger partial charge is 0.573 e. The summed E-state index contributed by atoms with van der Waals surface area (Å²) in [6.07, 6.45) is -6.72. The zero-order valence-electron chi connectivity index (χ0n) is 20.9. The van der Waals surface area contributed by atoms with Crippen LogP contribution in [0.5, 0.6) is 5.75 Å². The number of alkyl halides is 4. The summed E-state index contributed by atoms with van der Waals surface area (Å²) >= 11 is 0. The highest BCUT2D eigenvalue weighted by Crippen LogP contribution is 2.31. The highest BCUT2D eigenvalue weighted by atomic mass is 19.4. The summed E-state index contributed by atoms with van der Waals surface area (Å²) in [6, 6.07) is 2.49. The Bertz CT molecular complexity index is 1460. The number of methoxy groups -OCH3 is 1. The number of benzene rings is 1. The van der Waals surface area contributed by atoms with Crippen LogP contribution in [-0.4, -0.2) is 80.9 Å². The van der Waals surface area contributed by atoms with Gasteiger partial charge in [-0.3, -0.25) is 19.3 Å². The summed E-state index contributed by atoms with van der Waals surface area (Å²) in [4.78, 5) is 43.1. The van der Waals surface area contributed by atoms with Gasteiger partial charge in [-0.05, 0) is 24.6 Å². The van der Waals surface area contributed by atoms with Gasteiger partial charge >= 0.3 is 12.3 Å². The standard InChI is InChI=1S/C24H22F5N5O6/c1-3-11-7-12-15(8-30-11)34(32-19(12)23(37)38)10-17(35)33-9-13(25)21(39-2)20(33)22(36)31-14-5-4-6-16(18(14)26)40-24(27,28)29/h4-8,13,20-21H,3,9-10H2,1-2H3,(H,31,36)(H,37,38)/t13-,20-,21+/m0/s1. The predicted molar refractivity (Wildman–Crippen MR) is 127 cm³/mol. The quantitative estimate of drug-likeness (QED) is 0.394. The molecule has 2 N–H and O–H groups in total. The number of aryl methyl sites for hydroxylation is 1. The first-order valence-corrected chi connectivity index (χ1v) is 11.7. The summed E-state index contributed by atoms with van der Waals surface area (Å²) in [5.41, 5.74) is -0.271. The fourth-order valence-electron chi connectivity index (χ4n) is 4.43. The van der Waals surface area contributed by atoms with E-state index in [1.807, 2.05) is 6.92 Å². The Balaban J connectivity index is 1.62. The third-order valence-electron chi connectivity index (χ3n) is 6.23. The maximum Gasteiger partial charge on any atom is 0.573 e. The lowest BCUT2D eigenvalue weighted by atomic mass is 10.1. The van der Waals surface area contributed by atoms with Crippen LogP contribution < -0.4 is 10.1 Å². The molecule has 0 aliphatic carbocycles. The molecular formula is C24H22F5N5O6. The van der Waals surface area contributed by atoms with E-state index >= 15 is 0 Å². The van der Waals surface area contributed by atoms with Crippen molar-refractivity contribution in [2.45, 2.75) is 44.6 Å². The number of carboxylic acid groups (broad SMARTS) is 1. The summed E-state index contributed by atoms with van der Waals surface area (Å²) in [7, 11) is 1.08. The molecule has 214 valence electrons. The Labute approximate surface area is 222 Å². The molecule has 3 heterocycles. The highest BCUT2D eigenvalue weighted by molar-refractivity contribution is 6.02. The number of aromatic carboxylic acids is 1. The predicted octanol–water partition coefficient (Wildman–Crippen LogP) is 2.93. The van der Waals surface area contributed by atoms with E-state index in [9.17, 15) is 41.4 Å². The van der Waals surface area contributed by atoms with Crippen LogP contribution in [0.4, 0.5) is 27.6 Å². The monoisotopic (exact) mass is 571 g/mol. The number of hydrogen-bond acceptors (Lipinski definition) is 7. The van der Waals surface area contributed by atoms with Gasteiger partial charge in [-0.1, -0.05) is 13.0 Å². The lowest BCUT2D eigenvalue weighted by Gasteiger charge is -2.26. The highest BCUT2D eigenvalue weighted by Gasteiger charge is 2.49. The number of anilines is 1. The number of carbonyl (C=O) groups excluding carboxylic acids is 2. The van der Waals surface area contributed by atoms with Crippen LogP contribution in [-0.2, 0) is 27.3 Å². The van der Waals surface area contributed by atoms with Crippen molar-refractivity contribution in [1.82, 2.24) is 19.7 Å². The zero-order valence-corrected chi connectivity index (χ0v) is 20.9. The molecule has 40 heavy (non-hydrogen) atoms. The van der Waals surface area contributed by atoms with Crippen molar-refractivity contribution in [3.05, 3.63) is 47.7 Å². The van der Waals surface area contributed by atoms with Gasteiger partial charge in [-0.2, -0.15) is 5.10 Å². The summed E-state index contributed by atoms with van der Waals surface area (Å²) in [5.74, 6) is -6.12. The molecule has 0 saturated carbocycles. The molecule has 0 bridgehead atoms. The van der Waals surface area contributed by atoms with Crippen molar-refractivity contribution >= 4 is 34.4 Å². The fraction of sp³-hybridized carbons (Fsp3) is 0.375. The van der Waals surface area contributed by atoms with Crippen molar-refractivity contribution in [2.24, 2.45) is 0 Å². The van der Waals surface area contributed by atoms with Crippen molar-refractivity contribution in [3.63, 3.8) is 0 Å². The van der Waals surface area contributed by atoms with Gasteiger partial charge in [-0.25, -0.2) is 13.6 Å². The lowest BCUT2D eigenvalue weighted by Crippen LogP contribution is -2.49. The molecule has 1 saturated heterocycles. The van der Waals surface area contributed by atoms with Gasteiger partial charge in [0.1, 0.15) is 24.9 Å². The van der Waals surface area contributed by atoms with Crippen LogP contribution in [0, 0.1) is 5.82 Å². The average Bonchev–Trinajstić information content (AvgIpc) is 3.42. The van der Waals surface area contributed by atoms with Gasteiger partial charge in [-0.15, -0.1) is 13.2 Å². The number of carbonyl (C=O) groups is 3. The molecule has 0 spiro atoms. The average molecular weight is 571 g/mol. The number of likely N-dealkylation sites (tertiary alicyclic amines) is 1. The topological polar surface area (TPSA) is 136 Å². The van der Waals surface area contributed by atoms with Gasteiger partial charge in [0.25, 0.3) is 0 Å². The van der Waals surface area contributed by atoms with Gasteiger partial charge in [0, 0.05) is 18.2 Å². The molecule has 4 rings (SSSR count). The number of ether oxygens (including phenoxy) is 2. The number of pyridine rings is 1. The maximum atomic E-state index is 14.8. The van der Waals surface area contributed by atoms with Gasteiger partial charge in [0.2, 0.25) is 11.8 Å². The third-order valence-corrected chi connectivity index (χ3v) is 6.23. The Kier molecular flexibility index (Phi) is 7.91. The second-order valence-electron chi connectivity index (χ2n) is 8.72. The summed E-state index contributed by atoms with van der Waals surface area (Å²) in [5, 5.41) is 15.8. The Morgan fingerprint density at radius 1 is 1.25 bits per heavy atom. The maximum absolute atomic E-state index is 14.8. The second kappa shape index (κ2) is 11.0. The number of hydrogen-bond donors (Lipinski definition) is 2. The number of amides is 2. The van der Waals surface area contributed by atoms with Crippen molar-refractivity contribution < 1.29 is 50.9 Å². The first-order chi connectivity index (χ1) is 18.8. The Morgan fingerprint density at radius 3 is 2.60 bits per heavy atom.